The van der Waals surface area contributed by atoms with Crippen molar-refractivity contribution in [3.05, 3.63) is 60.7 Å². The van der Waals surface area contributed by atoms with Crippen molar-refractivity contribution in [2.75, 3.05) is 5.49 Å². The second-order valence-corrected chi connectivity index (χ2v) is 7.20. The lowest BCUT2D eigenvalue weighted by atomic mass is 10.4. The van der Waals surface area contributed by atoms with Crippen molar-refractivity contribution in [2.24, 2.45) is 0 Å². The van der Waals surface area contributed by atoms with Crippen molar-refractivity contribution in [3.63, 3.8) is 0 Å². The normalized spacial score (nSPS) is 11.3. The van der Waals surface area contributed by atoms with Crippen molar-refractivity contribution in [3.8, 4) is 0 Å². The van der Waals surface area contributed by atoms with Crippen LogP contribution in [0, 0.1) is 0 Å². The molecule has 2 aromatic carbocycles. The lowest BCUT2D eigenvalue weighted by Gasteiger charge is -2.16. The maximum atomic E-state index is 12.9. The van der Waals surface area contributed by atoms with Crippen molar-refractivity contribution in [1.29, 1.82) is 0 Å². The van der Waals surface area contributed by atoms with Crippen LogP contribution in [0.25, 0.3) is 0 Å². The molecule has 0 aliphatic rings. The van der Waals surface area contributed by atoms with E-state index in [1.165, 1.54) is 0 Å². The average Bonchev–Trinajstić information content (AvgIpc) is 2.40. The Morgan fingerprint density at radius 3 is 1.50 bits per heavy atom. The van der Waals surface area contributed by atoms with Gasteiger partial charge in [-0.3, -0.25) is 0 Å². The number of thiol groups is 1. The SMILES string of the molecule is O=P(CS)(c1ccccc1)c1ccccc1. The Labute approximate surface area is 101 Å². The van der Waals surface area contributed by atoms with E-state index in [1.54, 1.807) is 0 Å². The molecule has 0 aliphatic carbocycles. The van der Waals surface area contributed by atoms with Crippen molar-refractivity contribution in [1.82, 2.24) is 0 Å². The van der Waals surface area contributed by atoms with E-state index in [9.17, 15) is 4.57 Å². The van der Waals surface area contributed by atoms with Gasteiger partial charge in [-0.2, -0.15) is 12.6 Å². The summed E-state index contributed by atoms with van der Waals surface area (Å²) >= 11 is 4.26. The van der Waals surface area contributed by atoms with Gasteiger partial charge < -0.3 is 4.57 Å². The molecule has 0 aromatic heterocycles. The molecule has 16 heavy (non-hydrogen) atoms. The molecule has 0 aliphatic heterocycles. The molecule has 0 spiro atoms. The van der Waals surface area contributed by atoms with E-state index in [0.717, 1.165) is 10.6 Å². The predicted octanol–water partition coefficient (Wildman–Crippen LogP) is 2.89. The first-order valence-electron chi connectivity index (χ1n) is 5.08. The molecular formula is C13H13OPS. The summed E-state index contributed by atoms with van der Waals surface area (Å²) in [5.41, 5.74) is 0.362. The Bertz CT molecular complexity index is 452. The molecule has 3 heteroatoms. The molecule has 0 amide bonds. The van der Waals surface area contributed by atoms with Gasteiger partial charge in [0.2, 0.25) is 0 Å². The molecule has 82 valence electrons. The van der Waals surface area contributed by atoms with Crippen molar-refractivity contribution < 1.29 is 4.57 Å². The Morgan fingerprint density at radius 2 is 1.19 bits per heavy atom. The first kappa shape index (κ1) is 11.5. The summed E-state index contributed by atoms with van der Waals surface area (Å²) < 4.78 is 12.9. The van der Waals surface area contributed by atoms with E-state index in [4.69, 9.17) is 0 Å². The van der Waals surface area contributed by atoms with Gasteiger partial charge in [-0.15, -0.1) is 0 Å². The monoisotopic (exact) mass is 248 g/mol. The molecular weight excluding hydrogens is 235 g/mol. The van der Waals surface area contributed by atoms with Gasteiger partial charge in [0.05, 0.1) is 5.49 Å². The number of hydrogen-bond donors (Lipinski definition) is 1. The summed E-state index contributed by atoms with van der Waals surface area (Å²) in [5.74, 6) is 0. The van der Waals surface area contributed by atoms with E-state index < -0.39 is 7.14 Å². The molecule has 0 N–H and O–H groups in total. The van der Waals surface area contributed by atoms with Crippen molar-refractivity contribution >= 4 is 30.4 Å². The Kier molecular flexibility index (Phi) is 3.52. The Morgan fingerprint density at radius 1 is 0.812 bits per heavy atom. The first-order valence-corrected chi connectivity index (χ1v) is 7.61. The standard InChI is InChI=1S/C13H13OPS/c14-15(11-16,12-7-3-1-4-8-12)13-9-5-2-6-10-13/h1-10,16H,11H2. The molecule has 1 nitrogen and oxygen atoms in total. The summed E-state index contributed by atoms with van der Waals surface area (Å²) in [7, 11) is -2.54. The molecule has 0 fully saturated rings. The summed E-state index contributed by atoms with van der Waals surface area (Å²) in [6.45, 7) is 0. The van der Waals surface area contributed by atoms with Gasteiger partial charge >= 0.3 is 0 Å². The largest absolute Gasteiger partial charge is 0.313 e. The van der Waals surface area contributed by atoms with Gasteiger partial charge in [-0.1, -0.05) is 60.7 Å². The van der Waals surface area contributed by atoms with E-state index in [-0.39, 0.29) is 0 Å². The van der Waals surface area contributed by atoms with Crippen LogP contribution in [-0.4, -0.2) is 5.49 Å². The Hall–Kier alpha value is -0.980. The number of rotatable bonds is 3. The molecule has 2 rings (SSSR count). The zero-order chi connectivity index (χ0) is 11.4. The quantitative estimate of drug-likeness (QED) is 0.653. The molecule has 0 bridgehead atoms. The smallest absolute Gasteiger partial charge is 0.152 e. The van der Waals surface area contributed by atoms with Gasteiger partial charge in [0.1, 0.15) is 0 Å². The van der Waals surface area contributed by atoms with E-state index in [1.807, 2.05) is 60.7 Å². The summed E-state index contributed by atoms with van der Waals surface area (Å²) in [4.78, 5) is 0. The minimum Gasteiger partial charge on any atom is -0.313 e. The maximum absolute atomic E-state index is 12.9. The zero-order valence-corrected chi connectivity index (χ0v) is 10.6. The fourth-order valence-corrected chi connectivity index (χ4v) is 4.56. The summed E-state index contributed by atoms with van der Waals surface area (Å²) in [6, 6.07) is 19.1. The van der Waals surface area contributed by atoms with Gasteiger partial charge in [-0.25, -0.2) is 0 Å². The highest BCUT2D eigenvalue weighted by atomic mass is 32.1. The lowest BCUT2D eigenvalue weighted by Crippen LogP contribution is -2.16. The zero-order valence-electron chi connectivity index (χ0n) is 8.78. The van der Waals surface area contributed by atoms with Crippen LogP contribution in [0.1, 0.15) is 0 Å². The summed E-state index contributed by atoms with van der Waals surface area (Å²) in [5, 5.41) is 1.74. The molecule has 0 unspecified atom stereocenters. The van der Waals surface area contributed by atoms with Crippen LogP contribution < -0.4 is 10.6 Å². The predicted molar refractivity (Wildman–Crippen MR) is 73.6 cm³/mol. The second kappa shape index (κ2) is 4.90. The summed E-state index contributed by atoms with van der Waals surface area (Å²) in [6.07, 6.45) is 0. The highest BCUT2D eigenvalue weighted by Crippen LogP contribution is 2.43. The third-order valence-electron chi connectivity index (χ3n) is 2.55. The molecule has 0 saturated carbocycles. The first-order chi connectivity index (χ1) is 7.77. The lowest BCUT2D eigenvalue weighted by molar-refractivity contribution is 0.590. The fourth-order valence-electron chi connectivity index (χ4n) is 1.65. The maximum Gasteiger partial charge on any atom is 0.152 e. The Balaban J connectivity index is 2.54. The van der Waals surface area contributed by atoms with Gasteiger partial charge in [0, 0.05) is 10.6 Å². The fraction of sp³-hybridized carbons (Fsp3) is 0.0769. The van der Waals surface area contributed by atoms with Crippen LogP contribution in [-0.2, 0) is 4.57 Å². The number of hydrogen-bond acceptors (Lipinski definition) is 2. The van der Waals surface area contributed by atoms with Crippen LogP contribution in [0.2, 0.25) is 0 Å². The minimum atomic E-state index is -2.54. The van der Waals surface area contributed by atoms with Gasteiger partial charge in [0.15, 0.2) is 7.14 Å². The highest BCUT2D eigenvalue weighted by molar-refractivity contribution is 7.96. The van der Waals surface area contributed by atoms with Crippen molar-refractivity contribution in [2.45, 2.75) is 0 Å². The van der Waals surface area contributed by atoms with E-state index in [2.05, 4.69) is 12.6 Å². The van der Waals surface area contributed by atoms with E-state index in [0.29, 0.717) is 5.49 Å². The van der Waals surface area contributed by atoms with Crippen LogP contribution in [0.5, 0.6) is 0 Å². The molecule has 0 radical (unpaired) electrons. The molecule has 0 saturated heterocycles. The number of benzene rings is 2. The molecule has 0 heterocycles. The highest BCUT2D eigenvalue weighted by Gasteiger charge is 2.24. The van der Waals surface area contributed by atoms with Gasteiger partial charge in [0.25, 0.3) is 0 Å². The molecule has 0 atom stereocenters. The second-order valence-electron chi connectivity index (χ2n) is 3.55. The van der Waals surface area contributed by atoms with Gasteiger partial charge in [-0.05, 0) is 0 Å². The third kappa shape index (κ3) is 2.09. The van der Waals surface area contributed by atoms with Crippen LogP contribution in [0.15, 0.2) is 60.7 Å². The minimum absolute atomic E-state index is 0.362. The molecule has 2 aromatic rings. The van der Waals surface area contributed by atoms with E-state index >= 15 is 0 Å². The van der Waals surface area contributed by atoms with Crippen LogP contribution in [0.4, 0.5) is 0 Å². The third-order valence-corrected chi connectivity index (χ3v) is 6.40. The average molecular weight is 248 g/mol. The van der Waals surface area contributed by atoms with Crippen LogP contribution >= 0.6 is 19.8 Å². The topological polar surface area (TPSA) is 17.1 Å². The van der Waals surface area contributed by atoms with Crippen LogP contribution in [0.3, 0.4) is 0 Å².